The maximum atomic E-state index is 11.2. The van der Waals surface area contributed by atoms with Crippen LogP contribution in [0.15, 0.2) is 35.3 Å². The number of aliphatic imine (C=N–C) groups is 1. The van der Waals surface area contributed by atoms with Gasteiger partial charge in [-0.2, -0.15) is 0 Å². The molecule has 0 bridgehead atoms. The molecule has 2 heteroatoms. The molecule has 0 aliphatic rings. The highest BCUT2D eigenvalue weighted by Gasteiger charge is 2.02. The van der Waals surface area contributed by atoms with E-state index in [1.807, 2.05) is 44.2 Å². The SMILES string of the molecule is CC=N/C(=C\C)c1cccc(C(C)=O)c1. The van der Waals surface area contributed by atoms with Crippen molar-refractivity contribution < 1.29 is 4.79 Å². The lowest BCUT2D eigenvalue weighted by Crippen LogP contribution is -1.93. The van der Waals surface area contributed by atoms with Crippen LogP contribution in [0.1, 0.15) is 36.7 Å². The monoisotopic (exact) mass is 201 g/mol. The summed E-state index contributed by atoms with van der Waals surface area (Å²) < 4.78 is 0. The first-order valence-electron chi connectivity index (χ1n) is 4.95. The van der Waals surface area contributed by atoms with E-state index in [0.29, 0.717) is 0 Å². The number of hydrogen-bond donors (Lipinski definition) is 0. The number of ketones is 1. The Morgan fingerprint density at radius 1 is 1.27 bits per heavy atom. The van der Waals surface area contributed by atoms with Crippen molar-refractivity contribution in [2.24, 2.45) is 4.99 Å². The van der Waals surface area contributed by atoms with Crippen LogP contribution in [0.4, 0.5) is 0 Å². The average Bonchev–Trinajstić information content (AvgIpc) is 2.26. The Balaban J connectivity index is 3.15. The van der Waals surface area contributed by atoms with Gasteiger partial charge in [-0.15, -0.1) is 0 Å². The maximum Gasteiger partial charge on any atom is 0.159 e. The Kier molecular flexibility index (Phi) is 3.98. The second-order valence-corrected chi connectivity index (χ2v) is 3.20. The number of carbonyl (C=O) groups excluding carboxylic acids is 1. The zero-order valence-electron chi connectivity index (χ0n) is 9.32. The number of hydrogen-bond acceptors (Lipinski definition) is 2. The fourth-order valence-electron chi connectivity index (χ4n) is 1.35. The van der Waals surface area contributed by atoms with Gasteiger partial charge in [-0.3, -0.25) is 9.79 Å². The molecule has 0 unspecified atom stereocenters. The molecule has 0 N–H and O–H groups in total. The van der Waals surface area contributed by atoms with E-state index in [4.69, 9.17) is 0 Å². The molecular weight excluding hydrogens is 186 g/mol. The van der Waals surface area contributed by atoms with Crippen molar-refractivity contribution in [3.8, 4) is 0 Å². The van der Waals surface area contributed by atoms with Gasteiger partial charge in [0.15, 0.2) is 5.78 Å². The second-order valence-electron chi connectivity index (χ2n) is 3.20. The molecule has 0 heterocycles. The Labute approximate surface area is 90.4 Å². The summed E-state index contributed by atoms with van der Waals surface area (Å²) in [6.07, 6.45) is 3.68. The van der Waals surface area contributed by atoms with Crippen LogP contribution in [0, 0.1) is 0 Å². The summed E-state index contributed by atoms with van der Waals surface area (Å²) in [5, 5.41) is 0. The lowest BCUT2D eigenvalue weighted by atomic mass is 10.1. The molecule has 78 valence electrons. The molecule has 1 aromatic carbocycles. The van der Waals surface area contributed by atoms with Gasteiger partial charge in [0.2, 0.25) is 0 Å². The third-order valence-electron chi connectivity index (χ3n) is 2.11. The Morgan fingerprint density at radius 3 is 2.47 bits per heavy atom. The molecule has 0 saturated carbocycles. The summed E-state index contributed by atoms with van der Waals surface area (Å²) in [7, 11) is 0. The number of carbonyl (C=O) groups is 1. The average molecular weight is 201 g/mol. The molecule has 1 rings (SSSR count). The highest BCUT2D eigenvalue weighted by molar-refractivity contribution is 5.95. The molecule has 0 fully saturated rings. The summed E-state index contributed by atoms with van der Waals surface area (Å²) in [5.41, 5.74) is 2.59. The molecule has 0 saturated heterocycles. The number of rotatable bonds is 3. The Hall–Kier alpha value is -1.70. The minimum Gasteiger partial charge on any atom is -0.295 e. The molecule has 0 radical (unpaired) electrons. The van der Waals surface area contributed by atoms with Crippen LogP contribution in [-0.4, -0.2) is 12.0 Å². The third kappa shape index (κ3) is 2.88. The van der Waals surface area contributed by atoms with Crippen LogP contribution in [0.2, 0.25) is 0 Å². The fourth-order valence-corrected chi connectivity index (χ4v) is 1.35. The van der Waals surface area contributed by atoms with Crippen molar-refractivity contribution in [3.05, 3.63) is 41.5 Å². The predicted octanol–water partition coefficient (Wildman–Crippen LogP) is 3.34. The summed E-state index contributed by atoms with van der Waals surface area (Å²) in [6, 6.07) is 7.51. The van der Waals surface area contributed by atoms with Crippen LogP contribution >= 0.6 is 0 Å². The highest BCUT2D eigenvalue weighted by Crippen LogP contribution is 2.17. The molecule has 0 aliphatic heterocycles. The molecule has 1 aromatic rings. The van der Waals surface area contributed by atoms with E-state index < -0.39 is 0 Å². The van der Waals surface area contributed by atoms with Crippen LogP contribution in [0.5, 0.6) is 0 Å². The Morgan fingerprint density at radius 2 is 1.93 bits per heavy atom. The normalized spacial score (nSPS) is 12.1. The third-order valence-corrected chi connectivity index (χ3v) is 2.11. The first kappa shape index (κ1) is 11.4. The Bertz CT molecular complexity index is 416. The molecular formula is C13H15NO. The molecule has 2 nitrogen and oxygen atoms in total. The van der Waals surface area contributed by atoms with Crippen molar-refractivity contribution in [2.45, 2.75) is 20.8 Å². The summed E-state index contributed by atoms with van der Waals surface area (Å²) >= 11 is 0. The zero-order valence-corrected chi connectivity index (χ0v) is 9.32. The zero-order chi connectivity index (χ0) is 11.3. The van der Waals surface area contributed by atoms with E-state index in [2.05, 4.69) is 4.99 Å². The minimum absolute atomic E-state index is 0.0766. The van der Waals surface area contributed by atoms with Crippen LogP contribution in [0.3, 0.4) is 0 Å². The van der Waals surface area contributed by atoms with E-state index in [9.17, 15) is 4.79 Å². The minimum atomic E-state index is 0.0766. The van der Waals surface area contributed by atoms with Gasteiger partial charge in [0.1, 0.15) is 0 Å². The molecule has 15 heavy (non-hydrogen) atoms. The topological polar surface area (TPSA) is 29.4 Å². The van der Waals surface area contributed by atoms with Crippen molar-refractivity contribution in [1.29, 1.82) is 0 Å². The number of allylic oxidation sites excluding steroid dienone is 1. The second kappa shape index (κ2) is 5.25. The highest BCUT2D eigenvalue weighted by atomic mass is 16.1. The van der Waals surface area contributed by atoms with E-state index >= 15 is 0 Å². The first-order valence-corrected chi connectivity index (χ1v) is 4.95. The lowest BCUT2D eigenvalue weighted by molar-refractivity contribution is 0.101. The van der Waals surface area contributed by atoms with E-state index in [1.54, 1.807) is 13.1 Å². The van der Waals surface area contributed by atoms with Gasteiger partial charge in [0, 0.05) is 17.3 Å². The van der Waals surface area contributed by atoms with Crippen LogP contribution in [-0.2, 0) is 0 Å². The van der Waals surface area contributed by atoms with E-state index in [-0.39, 0.29) is 5.78 Å². The van der Waals surface area contributed by atoms with E-state index in [0.717, 1.165) is 16.8 Å². The molecule has 0 aromatic heterocycles. The summed E-state index contributed by atoms with van der Waals surface area (Å²) in [6.45, 7) is 5.37. The maximum absolute atomic E-state index is 11.2. The van der Waals surface area contributed by atoms with Gasteiger partial charge in [-0.05, 0) is 26.8 Å². The van der Waals surface area contributed by atoms with Gasteiger partial charge in [0.05, 0.1) is 5.70 Å². The summed E-state index contributed by atoms with van der Waals surface area (Å²) in [5.74, 6) is 0.0766. The largest absolute Gasteiger partial charge is 0.295 e. The van der Waals surface area contributed by atoms with E-state index in [1.165, 1.54) is 0 Å². The number of nitrogens with zero attached hydrogens (tertiary/aromatic N) is 1. The van der Waals surface area contributed by atoms with Crippen LogP contribution in [0.25, 0.3) is 5.70 Å². The predicted molar refractivity (Wildman–Crippen MR) is 64.3 cm³/mol. The quantitative estimate of drug-likeness (QED) is 0.544. The smallest absolute Gasteiger partial charge is 0.159 e. The number of benzene rings is 1. The lowest BCUT2D eigenvalue weighted by Gasteiger charge is -2.03. The van der Waals surface area contributed by atoms with Gasteiger partial charge in [-0.1, -0.05) is 24.3 Å². The molecule has 0 spiro atoms. The molecule has 0 atom stereocenters. The molecule has 0 amide bonds. The first-order chi connectivity index (χ1) is 7.19. The van der Waals surface area contributed by atoms with Gasteiger partial charge < -0.3 is 0 Å². The van der Waals surface area contributed by atoms with Crippen molar-refractivity contribution in [3.63, 3.8) is 0 Å². The van der Waals surface area contributed by atoms with Crippen molar-refractivity contribution in [1.82, 2.24) is 0 Å². The summed E-state index contributed by atoms with van der Waals surface area (Å²) in [4.78, 5) is 15.4. The molecule has 0 aliphatic carbocycles. The van der Waals surface area contributed by atoms with Gasteiger partial charge in [-0.25, -0.2) is 0 Å². The van der Waals surface area contributed by atoms with Gasteiger partial charge >= 0.3 is 0 Å². The van der Waals surface area contributed by atoms with Crippen molar-refractivity contribution in [2.75, 3.05) is 0 Å². The van der Waals surface area contributed by atoms with Crippen LogP contribution < -0.4 is 0 Å². The fraction of sp³-hybridized carbons (Fsp3) is 0.231. The number of Topliss-reactive ketones (excluding diaryl/α,β-unsaturated/α-hetero) is 1. The van der Waals surface area contributed by atoms with Crippen molar-refractivity contribution >= 4 is 17.7 Å². The standard InChI is InChI=1S/C13H15NO/c1-4-13(14-5-2)12-8-6-7-11(9-12)10(3)15/h4-9H,1-3H3/b13-4-,14-5?. The van der Waals surface area contributed by atoms with Gasteiger partial charge in [0.25, 0.3) is 0 Å².